The van der Waals surface area contributed by atoms with Crippen LogP contribution >= 0.6 is 11.3 Å². The number of aromatic amines is 2. The molecule has 3 aromatic carbocycles. The van der Waals surface area contributed by atoms with Crippen LogP contribution in [0.3, 0.4) is 0 Å². The first-order valence-corrected chi connectivity index (χ1v) is 12.1. The second-order valence-electron chi connectivity index (χ2n) is 8.67. The Hall–Kier alpha value is -3.77. The van der Waals surface area contributed by atoms with Gasteiger partial charge in [-0.1, -0.05) is 66.7 Å². The first kappa shape index (κ1) is 21.7. The van der Waals surface area contributed by atoms with Gasteiger partial charge in [0, 0.05) is 42.8 Å². The molecule has 6 rings (SSSR count). The summed E-state index contributed by atoms with van der Waals surface area (Å²) < 4.78 is 43.8. The van der Waals surface area contributed by atoms with Gasteiger partial charge < -0.3 is 9.97 Å². The molecule has 6 heteroatoms. The molecule has 0 aliphatic heterocycles. The SMILES string of the molecule is Cc1[nH]c2ccccc2c1C(c1ccc(-c2c(-c3ccccc3)[nH]c3ccccc23)s1)C(F)(F)F. The van der Waals surface area contributed by atoms with Crippen LogP contribution in [0.15, 0.2) is 91.0 Å². The lowest BCUT2D eigenvalue weighted by atomic mass is 9.94. The van der Waals surface area contributed by atoms with Gasteiger partial charge in [-0.05, 0) is 42.3 Å². The van der Waals surface area contributed by atoms with E-state index in [1.807, 2.05) is 72.8 Å². The largest absolute Gasteiger partial charge is 0.400 e. The Bertz CT molecular complexity index is 1650. The van der Waals surface area contributed by atoms with Gasteiger partial charge in [0.2, 0.25) is 0 Å². The molecule has 0 aliphatic carbocycles. The molecule has 0 spiro atoms. The molecule has 6 aromatic rings. The molecule has 0 radical (unpaired) electrons. The van der Waals surface area contributed by atoms with Crippen LogP contribution in [0.1, 0.15) is 22.1 Å². The van der Waals surface area contributed by atoms with Crippen molar-refractivity contribution in [3.05, 3.63) is 107 Å². The smallest absolute Gasteiger partial charge is 0.358 e. The number of alkyl halides is 3. The molecular weight excluding hydrogens is 465 g/mol. The lowest BCUT2D eigenvalue weighted by Crippen LogP contribution is -2.21. The highest BCUT2D eigenvalue weighted by atomic mass is 32.1. The standard InChI is InChI=1S/C29H21F3N2S/c1-17-25(19-11-5-7-13-21(19)33-17)27(29(30,31)32)24-16-15-23(35-24)26-20-12-6-8-14-22(20)34-28(26)18-9-3-2-4-10-18/h2-16,27,33-34H,1H3. The number of para-hydroxylation sites is 2. The van der Waals surface area contributed by atoms with E-state index in [2.05, 4.69) is 9.97 Å². The number of benzene rings is 3. The summed E-state index contributed by atoms with van der Waals surface area (Å²) in [5.41, 5.74) is 5.34. The number of thiophene rings is 1. The maximum absolute atomic E-state index is 14.6. The number of aromatic nitrogens is 2. The number of nitrogens with one attached hydrogen (secondary N) is 2. The van der Waals surface area contributed by atoms with Crippen LogP contribution in [0.4, 0.5) is 13.2 Å². The molecule has 174 valence electrons. The summed E-state index contributed by atoms with van der Waals surface area (Å²) in [6.45, 7) is 1.72. The predicted octanol–water partition coefficient (Wildman–Crippen LogP) is 9.05. The minimum Gasteiger partial charge on any atom is -0.358 e. The molecule has 3 aromatic heterocycles. The van der Waals surface area contributed by atoms with Crippen molar-refractivity contribution in [1.82, 2.24) is 9.97 Å². The Morgan fingerprint density at radius 2 is 1.34 bits per heavy atom. The molecule has 0 fully saturated rings. The molecule has 35 heavy (non-hydrogen) atoms. The lowest BCUT2D eigenvalue weighted by molar-refractivity contribution is -0.140. The monoisotopic (exact) mass is 486 g/mol. The van der Waals surface area contributed by atoms with Crippen molar-refractivity contribution < 1.29 is 13.2 Å². The van der Waals surface area contributed by atoms with E-state index in [1.165, 1.54) is 11.3 Å². The number of hydrogen-bond donors (Lipinski definition) is 2. The Kier molecular flexibility index (Phi) is 5.07. The minimum atomic E-state index is -4.43. The molecule has 1 unspecified atom stereocenters. The number of aryl methyl sites for hydroxylation is 1. The second-order valence-corrected chi connectivity index (χ2v) is 9.79. The summed E-state index contributed by atoms with van der Waals surface area (Å²) in [5, 5.41) is 1.60. The van der Waals surface area contributed by atoms with Crippen molar-refractivity contribution in [2.45, 2.75) is 19.0 Å². The average molecular weight is 487 g/mol. The fourth-order valence-electron chi connectivity index (χ4n) is 5.00. The van der Waals surface area contributed by atoms with Gasteiger partial charge in [0.15, 0.2) is 0 Å². The van der Waals surface area contributed by atoms with Crippen molar-refractivity contribution in [2.75, 3.05) is 0 Å². The van der Waals surface area contributed by atoms with Crippen molar-refractivity contribution in [2.24, 2.45) is 0 Å². The van der Waals surface area contributed by atoms with Gasteiger partial charge in [0.1, 0.15) is 5.92 Å². The van der Waals surface area contributed by atoms with Crippen molar-refractivity contribution in [3.63, 3.8) is 0 Å². The third kappa shape index (κ3) is 3.65. The molecule has 2 nitrogen and oxygen atoms in total. The fraction of sp³-hybridized carbons (Fsp3) is 0.103. The normalized spacial score (nSPS) is 13.0. The summed E-state index contributed by atoms with van der Waals surface area (Å²) in [5.74, 6) is -1.71. The van der Waals surface area contributed by atoms with Gasteiger partial charge >= 0.3 is 6.18 Å². The maximum atomic E-state index is 14.6. The molecule has 1 atom stereocenters. The van der Waals surface area contributed by atoms with E-state index in [0.29, 0.717) is 22.2 Å². The highest BCUT2D eigenvalue weighted by Crippen LogP contribution is 2.49. The number of rotatable bonds is 4. The Morgan fingerprint density at radius 3 is 2.06 bits per heavy atom. The van der Waals surface area contributed by atoms with E-state index in [1.54, 1.807) is 25.1 Å². The predicted molar refractivity (Wildman–Crippen MR) is 138 cm³/mol. The Balaban J connectivity index is 1.55. The minimum absolute atomic E-state index is 0.282. The Labute approximate surface area is 204 Å². The van der Waals surface area contributed by atoms with Gasteiger partial charge in [0.05, 0.1) is 5.69 Å². The molecule has 0 bridgehead atoms. The van der Waals surface area contributed by atoms with Crippen LogP contribution in [0, 0.1) is 6.92 Å². The Morgan fingerprint density at radius 1 is 0.714 bits per heavy atom. The summed E-state index contributed by atoms with van der Waals surface area (Å²) in [6.07, 6.45) is -4.43. The van der Waals surface area contributed by atoms with Gasteiger partial charge in [-0.2, -0.15) is 13.2 Å². The van der Waals surface area contributed by atoms with Crippen LogP contribution in [0.2, 0.25) is 0 Å². The molecule has 0 saturated carbocycles. The van der Waals surface area contributed by atoms with E-state index in [4.69, 9.17) is 0 Å². The quantitative estimate of drug-likeness (QED) is 0.249. The molecule has 3 heterocycles. The first-order valence-electron chi connectivity index (χ1n) is 11.3. The van der Waals surface area contributed by atoms with E-state index < -0.39 is 12.1 Å². The third-order valence-electron chi connectivity index (χ3n) is 6.49. The molecule has 0 amide bonds. The fourth-order valence-corrected chi connectivity index (χ4v) is 6.21. The van der Waals surface area contributed by atoms with E-state index in [9.17, 15) is 13.2 Å². The zero-order valence-corrected chi connectivity index (χ0v) is 19.6. The van der Waals surface area contributed by atoms with Crippen molar-refractivity contribution in [3.8, 4) is 21.7 Å². The molecule has 0 saturated heterocycles. The zero-order valence-electron chi connectivity index (χ0n) is 18.8. The highest BCUT2D eigenvalue weighted by Gasteiger charge is 2.45. The number of halogens is 3. The second kappa shape index (κ2) is 8.17. The molecule has 0 aliphatic rings. The van der Waals surface area contributed by atoms with E-state index in [-0.39, 0.29) is 4.88 Å². The zero-order chi connectivity index (χ0) is 24.2. The third-order valence-corrected chi connectivity index (χ3v) is 7.65. The number of hydrogen-bond acceptors (Lipinski definition) is 1. The van der Waals surface area contributed by atoms with Crippen LogP contribution < -0.4 is 0 Å². The van der Waals surface area contributed by atoms with E-state index in [0.717, 1.165) is 32.6 Å². The van der Waals surface area contributed by atoms with Gasteiger partial charge in [-0.3, -0.25) is 0 Å². The summed E-state index contributed by atoms with van der Waals surface area (Å²) >= 11 is 1.21. The summed E-state index contributed by atoms with van der Waals surface area (Å²) in [4.78, 5) is 7.72. The molecule has 2 N–H and O–H groups in total. The van der Waals surface area contributed by atoms with Crippen molar-refractivity contribution >= 4 is 33.1 Å². The topological polar surface area (TPSA) is 31.6 Å². The van der Waals surface area contributed by atoms with Gasteiger partial charge in [-0.25, -0.2) is 0 Å². The van der Waals surface area contributed by atoms with Gasteiger partial charge in [-0.15, -0.1) is 11.3 Å². The van der Waals surface area contributed by atoms with Crippen LogP contribution in [0.25, 0.3) is 43.5 Å². The summed E-state index contributed by atoms with van der Waals surface area (Å²) in [7, 11) is 0. The van der Waals surface area contributed by atoms with Crippen LogP contribution in [-0.4, -0.2) is 16.1 Å². The average Bonchev–Trinajstić information content (AvgIpc) is 3.55. The highest BCUT2D eigenvalue weighted by molar-refractivity contribution is 7.15. The van der Waals surface area contributed by atoms with Gasteiger partial charge in [0.25, 0.3) is 0 Å². The first-order chi connectivity index (χ1) is 16.9. The van der Waals surface area contributed by atoms with Crippen molar-refractivity contribution in [1.29, 1.82) is 0 Å². The molecular formula is C29H21F3N2S. The maximum Gasteiger partial charge on any atom is 0.400 e. The van der Waals surface area contributed by atoms with E-state index >= 15 is 0 Å². The van der Waals surface area contributed by atoms with Crippen LogP contribution in [0.5, 0.6) is 0 Å². The van der Waals surface area contributed by atoms with Crippen LogP contribution in [-0.2, 0) is 0 Å². The number of fused-ring (bicyclic) bond motifs is 2. The number of H-pyrrole nitrogens is 2. The summed E-state index contributed by atoms with van der Waals surface area (Å²) in [6, 6.07) is 28.5. The lowest BCUT2D eigenvalue weighted by Gasteiger charge is -2.20.